The van der Waals surface area contributed by atoms with Crippen molar-refractivity contribution >= 4 is 11.7 Å². The lowest BCUT2D eigenvalue weighted by molar-refractivity contribution is -0.118. The minimum atomic E-state index is -0.579. The number of rotatable bonds is 3. The number of hydrogen-bond donors (Lipinski definition) is 2. The number of aromatic nitrogens is 6. The van der Waals surface area contributed by atoms with Gasteiger partial charge >= 0.3 is 0 Å². The van der Waals surface area contributed by atoms with E-state index in [0.29, 0.717) is 0 Å². The summed E-state index contributed by atoms with van der Waals surface area (Å²) in [5.41, 5.74) is 10.5. The molecule has 0 unspecified atom stereocenters. The molecule has 0 saturated heterocycles. The fraction of sp³-hybridized carbons (Fsp3) is 0.200. The van der Waals surface area contributed by atoms with Gasteiger partial charge in [-0.15, -0.1) is 10.2 Å². The van der Waals surface area contributed by atoms with E-state index in [1.165, 1.54) is 0 Å². The Hall–Kier alpha value is -2.52. The number of tetrazole rings is 1. The van der Waals surface area contributed by atoms with Crippen molar-refractivity contribution in [1.82, 2.24) is 30.5 Å². The molecule has 10 heteroatoms. The van der Waals surface area contributed by atoms with Gasteiger partial charge in [-0.25, -0.2) is 4.63 Å². The maximum absolute atomic E-state index is 10.6. The van der Waals surface area contributed by atoms with Crippen LogP contribution in [0, 0.1) is 0 Å². The number of hydrogen-bond acceptors (Lipinski definition) is 8. The molecule has 2 rings (SSSR count). The molecule has 2 heterocycles. The molecular weight excluding hydrogens is 204 g/mol. The average molecular weight is 210 g/mol. The van der Waals surface area contributed by atoms with E-state index in [1.54, 1.807) is 0 Å². The summed E-state index contributed by atoms with van der Waals surface area (Å²) in [7, 11) is 0. The number of primary amides is 1. The third-order valence-electron chi connectivity index (χ3n) is 1.48. The van der Waals surface area contributed by atoms with E-state index in [9.17, 15) is 4.79 Å². The summed E-state index contributed by atoms with van der Waals surface area (Å²) in [6, 6.07) is 0. The molecule has 4 N–H and O–H groups in total. The van der Waals surface area contributed by atoms with Gasteiger partial charge in [-0.05, 0) is 15.5 Å². The summed E-state index contributed by atoms with van der Waals surface area (Å²) >= 11 is 0. The van der Waals surface area contributed by atoms with Gasteiger partial charge in [-0.3, -0.25) is 4.79 Å². The molecule has 0 aliphatic heterocycles. The van der Waals surface area contributed by atoms with Gasteiger partial charge in [-0.2, -0.15) is 4.80 Å². The standard InChI is InChI=1S/C5H6N8O2/c6-2(14)1-13-9-5(8-12-13)3-4(7)11-15-10-3/h1H2,(H2,6,14)(H2,7,11). The fourth-order valence-electron chi connectivity index (χ4n) is 0.895. The third kappa shape index (κ3) is 1.72. The zero-order valence-corrected chi connectivity index (χ0v) is 7.36. The van der Waals surface area contributed by atoms with Crippen LogP contribution in [-0.4, -0.2) is 36.4 Å². The van der Waals surface area contributed by atoms with E-state index in [2.05, 4.69) is 30.4 Å². The Morgan fingerprint density at radius 2 is 2.27 bits per heavy atom. The van der Waals surface area contributed by atoms with Crippen molar-refractivity contribution in [3.8, 4) is 11.5 Å². The minimum absolute atomic E-state index is 0.0497. The van der Waals surface area contributed by atoms with Gasteiger partial charge in [0.1, 0.15) is 6.54 Å². The number of nitrogens with two attached hydrogens (primary N) is 2. The van der Waals surface area contributed by atoms with Crippen molar-refractivity contribution in [3.05, 3.63) is 0 Å². The Balaban J connectivity index is 2.28. The Bertz CT molecular complexity index is 487. The Morgan fingerprint density at radius 1 is 1.47 bits per heavy atom. The van der Waals surface area contributed by atoms with Gasteiger partial charge in [0.15, 0.2) is 11.5 Å². The van der Waals surface area contributed by atoms with E-state index in [0.717, 1.165) is 4.80 Å². The highest BCUT2D eigenvalue weighted by Gasteiger charge is 2.15. The summed E-state index contributed by atoms with van der Waals surface area (Å²) < 4.78 is 4.36. The second kappa shape index (κ2) is 3.32. The number of carbonyl (C=O) groups is 1. The van der Waals surface area contributed by atoms with Gasteiger partial charge in [0.25, 0.3) is 0 Å². The molecule has 0 saturated carbocycles. The molecule has 0 fully saturated rings. The predicted molar refractivity (Wildman–Crippen MR) is 44.7 cm³/mol. The SMILES string of the molecule is NC(=O)Cn1nnc(-c2nonc2N)n1. The van der Waals surface area contributed by atoms with Crippen molar-refractivity contribution in [2.75, 3.05) is 5.73 Å². The molecule has 0 atom stereocenters. The van der Waals surface area contributed by atoms with E-state index < -0.39 is 5.91 Å². The van der Waals surface area contributed by atoms with E-state index >= 15 is 0 Å². The van der Waals surface area contributed by atoms with Crippen molar-refractivity contribution in [1.29, 1.82) is 0 Å². The summed E-state index contributed by atoms with van der Waals surface area (Å²) in [5, 5.41) is 17.8. The topological polar surface area (TPSA) is 152 Å². The number of carbonyl (C=O) groups excluding carboxylic acids is 1. The van der Waals surface area contributed by atoms with Crippen LogP contribution in [0.2, 0.25) is 0 Å². The summed E-state index contributed by atoms with van der Waals surface area (Å²) in [6.45, 7) is -0.168. The van der Waals surface area contributed by atoms with Crippen molar-refractivity contribution in [2.24, 2.45) is 5.73 Å². The smallest absolute Gasteiger partial charge is 0.241 e. The van der Waals surface area contributed by atoms with Crippen LogP contribution < -0.4 is 11.5 Å². The number of anilines is 1. The van der Waals surface area contributed by atoms with Crippen molar-refractivity contribution in [3.63, 3.8) is 0 Å². The maximum atomic E-state index is 10.6. The number of nitrogen functional groups attached to an aromatic ring is 1. The molecule has 78 valence electrons. The first-order chi connectivity index (χ1) is 7.16. The van der Waals surface area contributed by atoms with Crippen LogP contribution in [0.1, 0.15) is 0 Å². The van der Waals surface area contributed by atoms with Crippen LogP contribution in [-0.2, 0) is 11.3 Å². The first-order valence-corrected chi connectivity index (χ1v) is 3.81. The third-order valence-corrected chi connectivity index (χ3v) is 1.48. The summed E-state index contributed by atoms with van der Waals surface area (Å²) in [6.07, 6.45) is 0. The second-order valence-corrected chi connectivity index (χ2v) is 2.61. The number of nitrogens with zero attached hydrogens (tertiary/aromatic N) is 6. The van der Waals surface area contributed by atoms with Crippen molar-refractivity contribution in [2.45, 2.75) is 6.54 Å². The predicted octanol–water partition coefficient (Wildman–Crippen LogP) is -2.21. The van der Waals surface area contributed by atoms with Gasteiger partial charge < -0.3 is 11.5 Å². The summed E-state index contributed by atoms with van der Waals surface area (Å²) in [4.78, 5) is 11.6. The second-order valence-electron chi connectivity index (χ2n) is 2.61. The van der Waals surface area contributed by atoms with Crippen LogP contribution in [0.5, 0.6) is 0 Å². The van der Waals surface area contributed by atoms with Crippen LogP contribution in [0.3, 0.4) is 0 Å². The Labute approximate surface area is 82.2 Å². The first kappa shape index (κ1) is 9.05. The molecule has 0 aliphatic rings. The molecule has 2 aromatic heterocycles. The molecule has 0 radical (unpaired) electrons. The molecule has 1 amide bonds. The highest BCUT2D eigenvalue weighted by molar-refractivity contribution is 5.73. The van der Waals surface area contributed by atoms with Gasteiger partial charge in [0, 0.05) is 0 Å². The van der Waals surface area contributed by atoms with Crippen LogP contribution in [0.15, 0.2) is 4.63 Å². The van der Waals surface area contributed by atoms with Crippen LogP contribution in [0.4, 0.5) is 5.82 Å². The normalized spacial score (nSPS) is 10.4. The molecule has 0 aromatic carbocycles. The molecule has 15 heavy (non-hydrogen) atoms. The zero-order chi connectivity index (χ0) is 10.8. The van der Waals surface area contributed by atoms with Crippen molar-refractivity contribution < 1.29 is 9.42 Å². The van der Waals surface area contributed by atoms with Gasteiger partial charge in [0.2, 0.25) is 11.7 Å². The first-order valence-electron chi connectivity index (χ1n) is 3.81. The molecule has 10 nitrogen and oxygen atoms in total. The lowest BCUT2D eigenvalue weighted by Crippen LogP contribution is -2.20. The fourth-order valence-corrected chi connectivity index (χ4v) is 0.895. The van der Waals surface area contributed by atoms with Gasteiger partial charge in [-0.1, -0.05) is 0 Å². The molecule has 2 aromatic rings. The largest absolute Gasteiger partial charge is 0.379 e. The Kier molecular flexibility index (Phi) is 2.00. The number of amides is 1. The van der Waals surface area contributed by atoms with Crippen LogP contribution >= 0.6 is 0 Å². The van der Waals surface area contributed by atoms with E-state index in [1.807, 2.05) is 0 Å². The monoisotopic (exact) mass is 210 g/mol. The molecule has 0 aliphatic carbocycles. The highest BCUT2D eigenvalue weighted by Crippen LogP contribution is 2.15. The van der Waals surface area contributed by atoms with Gasteiger partial charge in [0.05, 0.1) is 0 Å². The quantitative estimate of drug-likeness (QED) is 0.578. The summed E-state index contributed by atoms with van der Waals surface area (Å²) in [5.74, 6) is -0.408. The van der Waals surface area contributed by atoms with Crippen LogP contribution in [0.25, 0.3) is 11.5 Å². The Morgan fingerprint density at radius 3 is 2.87 bits per heavy atom. The van der Waals surface area contributed by atoms with E-state index in [-0.39, 0.29) is 23.9 Å². The molecule has 0 spiro atoms. The average Bonchev–Trinajstić information content (AvgIpc) is 2.72. The lowest BCUT2D eigenvalue weighted by Gasteiger charge is -1.90. The highest BCUT2D eigenvalue weighted by atomic mass is 16.6. The lowest BCUT2D eigenvalue weighted by atomic mass is 10.4. The minimum Gasteiger partial charge on any atom is -0.379 e. The molecule has 0 bridgehead atoms. The molecular formula is C5H6N8O2. The van der Waals surface area contributed by atoms with E-state index in [4.69, 9.17) is 11.5 Å². The zero-order valence-electron chi connectivity index (χ0n) is 7.36. The maximum Gasteiger partial charge on any atom is 0.241 e.